The Morgan fingerprint density at radius 1 is 1.10 bits per heavy atom. The van der Waals surface area contributed by atoms with Crippen molar-refractivity contribution in [2.45, 2.75) is 46.5 Å². The lowest BCUT2D eigenvalue weighted by Crippen LogP contribution is -2.12. The van der Waals surface area contributed by atoms with E-state index in [-0.39, 0.29) is 0 Å². The summed E-state index contributed by atoms with van der Waals surface area (Å²) >= 11 is 0. The van der Waals surface area contributed by atoms with Crippen LogP contribution in [0.5, 0.6) is 0 Å². The van der Waals surface area contributed by atoms with Gasteiger partial charge in [-0.3, -0.25) is 0 Å². The molecule has 112 valence electrons. The van der Waals surface area contributed by atoms with E-state index < -0.39 is 0 Å². The number of benzene rings is 1. The monoisotopic (exact) mass is 283 g/mol. The molecule has 3 heteroatoms. The maximum absolute atomic E-state index is 4.77. The SMILES string of the molecule is CCCNc1nc(Cc2ccccc2)nc(C)c1C(C)C. The van der Waals surface area contributed by atoms with E-state index in [0.29, 0.717) is 5.92 Å². The summed E-state index contributed by atoms with van der Waals surface area (Å²) in [6.07, 6.45) is 1.87. The minimum Gasteiger partial charge on any atom is -0.370 e. The molecule has 2 rings (SSSR count). The molecule has 0 fully saturated rings. The highest BCUT2D eigenvalue weighted by molar-refractivity contribution is 5.48. The number of nitrogens with one attached hydrogen (secondary N) is 1. The predicted octanol–water partition coefficient (Wildman–Crippen LogP) is 4.32. The Morgan fingerprint density at radius 2 is 1.81 bits per heavy atom. The summed E-state index contributed by atoms with van der Waals surface area (Å²) in [5.74, 6) is 2.32. The van der Waals surface area contributed by atoms with E-state index in [1.807, 2.05) is 6.07 Å². The number of aromatic nitrogens is 2. The topological polar surface area (TPSA) is 37.8 Å². The second kappa shape index (κ2) is 7.21. The van der Waals surface area contributed by atoms with Crippen molar-refractivity contribution in [2.24, 2.45) is 0 Å². The molecule has 0 bridgehead atoms. The van der Waals surface area contributed by atoms with Gasteiger partial charge in [-0.2, -0.15) is 0 Å². The van der Waals surface area contributed by atoms with Gasteiger partial charge < -0.3 is 5.32 Å². The minimum absolute atomic E-state index is 0.426. The smallest absolute Gasteiger partial charge is 0.135 e. The minimum atomic E-state index is 0.426. The molecule has 0 aliphatic carbocycles. The summed E-state index contributed by atoms with van der Waals surface area (Å²) in [6, 6.07) is 10.4. The van der Waals surface area contributed by atoms with Crippen LogP contribution in [-0.4, -0.2) is 16.5 Å². The highest BCUT2D eigenvalue weighted by atomic mass is 15.0. The number of anilines is 1. The molecule has 2 aromatic rings. The van der Waals surface area contributed by atoms with Crippen LogP contribution in [-0.2, 0) is 6.42 Å². The van der Waals surface area contributed by atoms with E-state index in [1.165, 1.54) is 11.1 Å². The molecule has 0 spiro atoms. The van der Waals surface area contributed by atoms with Gasteiger partial charge >= 0.3 is 0 Å². The molecule has 1 N–H and O–H groups in total. The van der Waals surface area contributed by atoms with Crippen LogP contribution in [0.1, 0.15) is 55.8 Å². The Bertz CT molecular complexity index is 577. The zero-order valence-corrected chi connectivity index (χ0v) is 13.5. The first-order valence-corrected chi connectivity index (χ1v) is 7.77. The lowest BCUT2D eigenvalue weighted by atomic mass is 10.0. The molecular weight excluding hydrogens is 258 g/mol. The molecule has 21 heavy (non-hydrogen) atoms. The summed E-state index contributed by atoms with van der Waals surface area (Å²) < 4.78 is 0. The Labute approximate surface area is 127 Å². The molecule has 1 aromatic heterocycles. The zero-order valence-electron chi connectivity index (χ0n) is 13.5. The highest BCUT2D eigenvalue weighted by Gasteiger charge is 2.14. The molecule has 3 nitrogen and oxygen atoms in total. The number of hydrogen-bond donors (Lipinski definition) is 1. The Morgan fingerprint density at radius 3 is 2.43 bits per heavy atom. The van der Waals surface area contributed by atoms with Crippen LogP contribution >= 0.6 is 0 Å². The van der Waals surface area contributed by atoms with E-state index >= 15 is 0 Å². The van der Waals surface area contributed by atoms with Crippen LogP contribution in [0.25, 0.3) is 0 Å². The van der Waals surface area contributed by atoms with E-state index in [9.17, 15) is 0 Å². The molecule has 1 aromatic carbocycles. The quantitative estimate of drug-likeness (QED) is 0.858. The maximum atomic E-state index is 4.77. The third kappa shape index (κ3) is 4.03. The number of hydrogen-bond acceptors (Lipinski definition) is 3. The average molecular weight is 283 g/mol. The van der Waals surface area contributed by atoms with E-state index in [2.05, 4.69) is 57.3 Å². The lowest BCUT2D eigenvalue weighted by Gasteiger charge is -2.17. The Kier molecular flexibility index (Phi) is 5.32. The van der Waals surface area contributed by atoms with Crippen LogP contribution in [0.3, 0.4) is 0 Å². The van der Waals surface area contributed by atoms with Crippen LogP contribution in [0, 0.1) is 6.92 Å². The molecule has 0 radical (unpaired) electrons. The van der Waals surface area contributed by atoms with Gasteiger partial charge in [0.2, 0.25) is 0 Å². The Hall–Kier alpha value is -1.90. The van der Waals surface area contributed by atoms with Crippen molar-refractivity contribution in [1.29, 1.82) is 0 Å². The van der Waals surface area contributed by atoms with Crippen molar-refractivity contribution >= 4 is 5.82 Å². The van der Waals surface area contributed by atoms with Crippen LogP contribution in [0.15, 0.2) is 30.3 Å². The molecule has 0 amide bonds. The molecule has 0 unspecified atom stereocenters. The normalized spacial score (nSPS) is 10.9. The van der Waals surface area contributed by atoms with Gasteiger partial charge in [0.1, 0.15) is 11.6 Å². The zero-order chi connectivity index (χ0) is 15.2. The first-order valence-electron chi connectivity index (χ1n) is 7.77. The third-order valence-electron chi connectivity index (χ3n) is 3.51. The van der Waals surface area contributed by atoms with Crippen molar-refractivity contribution in [3.63, 3.8) is 0 Å². The molecule has 0 atom stereocenters. The summed E-state index contributed by atoms with van der Waals surface area (Å²) in [5, 5.41) is 3.46. The van der Waals surface area contributed by atoms with Gasteiger partial charge in [-0.25, -0.2) is 9.97 Å². The van der Waals surface area contributed by atoms with Gasteiger partial charge in [-0.1, -0.05) is 51.1 Å². The lowest BCUT2D eigenvalue weighted by molar-refractivity contribution is 0.807. The fourth-order valence-corrected chi connectivity index (χ4v) is 2.57. The second-order valence-corrected chi connectivity index (χ2v) is 5.73. The van der Waals surface area contributed by atoms with Crippen LogP contribution in [0.4, 0.5) is 5.82 Å². The maximum Gasteiger partial charge on any atom is 0.135 e. The van der Waals surface area contributed by atoms with Crippen LogP contribution in [0.2, 0.25) is 0 Å². The molecule has 1 heterocycles. The van der Waals surface area contributed by atoms with Crippen molar-refractivity contribution in [2.75, 3.05) is 11.9 Å². The first-order chi connectivity index (χ1) is 10.1. The van der Waals surface area contributed by atoms with Crippen molar-refractivity contribution in [3.05, 3.63) is 53.0 Å². The van der Waals surface area contributed by atoms with Gasteiger partial charge in [0.05, 0.1) is 0 Å². The third-order valence-corrected chi connectivity index (χ3v) is 3.51. The Balaban J connectivity index is 2.33. The number of nitrogens with zero attached hydrogens (tertiary/aromatic N) is 2. The van der Waals surface area contributed by atoms with Crippen molar-refractivity contribution in [1.82, 2.24) is 9.97 Å². The van der Waals surface area contributed by atoms with Crippen molar-refractivity contribution < 1.29 is 0 Å². The van der Waals surface area contributed by atoms with E-state index in [1.54, 1.807) is 0 Å². The van der Waals surface area contributed by atoms with Gasteiger partial charge in [0, 0.05) is 24.2 Å². The molecule has 0 saturated carbocycles. The van der Waals surface area contributed by atoms with Gasteiger partial charge in [0.15, 0.2) is 0 Å². The highest BCUT2D eigenvalue weighted by Crippen LogP contribution is 2.25. The molecule has 0 aliphatic heterocycles. The number of rotatable bonds is 6. The summed E-state index contributed by atoms with van der Waals surface area (Å²) in [4.78, 5) is 9.47. The first kappa shape index (κ1) is 15.5. The summed E-state index contributed by atoms with van der Waals surface area (Å²) in [5.41, 5.74) is 3.57. The van der Waals surface area contributed by atoms with Crippen LogP contribution < -0.4 is 5.32 Å². The second-order valence-electron chi connectivity index (χ2n) is 5.73. The average Bonchev–Trinajstić information content (AvgIpc) is 2.45. The molecule has 0 aliphatic rings. The van der Waals surface area contributed by atoms with Gasteiger partial charge in [-0.15, -0.1) is 0 Å². The van der Waals surface area contributed by atoms with E-state index in [4.69, 9.17) is 9.97 Å². The van der Waals surface area contributed by atoms with Crippen molar-refractivity contribution in [3.8, 4) is 0 Å². The van der Waals surface area contributed by atoms with Gasteiger partial charge in [0.25, 0.3) is 0 Å². The largest absolute Gasteiger partial charge is 0.370 e. The molecule has 0 saturated heterocycles. The van der Waals surface area contributed by atoms with Gasteiger partial charge in [-0.05, 0) is 24.8 Å². The standard InChI is InChI=1S/C18H25N3/c1-5-11-19-18-17(13(2)3)14(4)20-16(21-18)12-15-9-7-6-8-10-15/h6-10,13H,5,11-12H2,1-4H3,(H,19,20,21). The van der Waals surface area contributed by atoms with E-state index in [0.717, 1.165) is 36.7 Å². The fraction of sp³-hybridized carbons (Fsp3) is 0.444. The predicted molar refractivity (Wildman–Crippen MR) is 88.9 cm³/mol. The fourth-order valence-electron chi connectivity index (χ4n) is 2.57. The summed E-state index contributed by atoms with van der Waals surface area (Å²) in [6.45, 7) is 9.59. The summed E-state index contributed by atoms with van der Waals surface area (Å²) in [7, 11) is 0. The number of aryl methyl sites for hydroxylation is 1. The molecular formula is C18H25N3.